The minimum Gasteiger partial charge on any atom is -0.392 e. The van der Waals surface area contributed by atoms with Gasteiger partial charge in [0.2, 0.25) is 0 Å². The molecular formula is C10H10O2. The van der Waals surface area contributed by atoms with Gasteiger partial charge in [-0.2, -0.15) is 0 Å². The summed E-state index contributed by atoms with van der Waals surface area (Å²) in [5, 5.41) is 9.70. The number of aliphatic hydroxyl groups excluding tert-OH is 1. The number of fused-ring (bicyclic) bond motifs is 5. The SMILES string of the molecule is O=C1C=C[C@@H]2[C@H]3C=C[C@@H]([C@H]3O)[C@H]12. The minimum atomic E-state index is -0.297. The van der Waals surface area contributed by atoms with Gasteiger partial charge >= 0.3 is 0 Å². The average Bonchev–Trinajstić information content (AvgIpc) is 2.66. The number of hydrogen-bond acceptors (Lipinski definition) is 2. The lowest BCUT2D eigenvalue weighted by Crippen LogP contribution is -2.21. The molecule has 3 rings (SSSR count). The Balaban J connectivity index is 2.08. The molecule has 0 aromatic rings. The minimum absolute atomic E-state index is 0.0648. The van der Waals surface area contributed by atoms with Crippen LogP contribution in [0.5, 0.6) is 0 Å². The normalized spacial score (nSPS) is 53.8. The second kappa shape index (κ2) is 1.88. The van der Waals surface area contributed by atoms with Crippen molar-refractivity contribution in [1.29, 1.82) is 0 Å². The summed E-state index contributed by atoms with van der Waals surface area (Å²) in [6.45, 7) is 0. The summed E-state index contributed by atoms with van der Waals surface area (Å²) in [6.07, 6.45) is 7.40. The first-order chi connectivity index (χ1) is 5.79. The highest BCUT2D eigenvalue weighted by Crippen LogP contribution is 2.51. The van der Waals surface area contributed by atoms with Crippen LogP contribution in [0.2, 0.25) is 0 Å². The fourth-order valence-corrected chi connectivity index (χ4v) is 2.87. The summed E-state index contributed by atoms with van der Waals surface area (Å²) in [6, 6.07) is 0. The van der Waals surface area contributed by atoms with E-state index in [-0.39, 0.29) is 29.6 Å². The second-order valence-corrected chi connectivity index (χ2v) is 3.89. The molecule has 2 nitrogen and oxygen atoms in total. The zero-order valence-electron chi connectivity index (χ0n) is 6.55. The molecule has 2 heteroatoms. The van der Waals surface area contributed by atoms with Crippen LogP contribution in [0.1, 0.15) is 0 Å². The number of allylic oxidation sites excluding steroid dienone is 2. The Morgan fingerprint density at radius 1 is 1.08 bits per heavy atom. The number of hydrogen-bond donors (Lipinski definition) is 1. The molecule has 0 heterocycles. The molecule has 1 fully saturated rings. The highest BCUT2D eigenvalue weighted by atomic mass is 16.3. The Morgan fingerprint density at radius 3 is 2.58 bits per heavy atom. The first kappa shape index (κ1) is 6.61. The summed E-state index contributed by atoms with van der Waals surface area (Å²) in [5.41, 5.74) is 0. The lowest BCUT2D eigenvalue weighted by Gasteiger charge is -2.16. The van der Waals surface area contributed by atoms with Crippen molar-refractivity contribution in [3.8, 4) is 0 Å². The summed E-state index contributed by atoms with van der Waals surface area (Å²) in [7, 11) is 0. The van der Waals surface area contributed by atoms with Crippen molar-refractivity contribution in [2.45, 2.75) is 6.10 Å². The van der Waals surface area contributed by atoms with Gasteiger partial charge in [-0.3, -0.25) is 4.79 Å². The maximum Gasteiger partial charge on any atom is 0.159 e. The molecule has 1 saturated carbocycles. The van der Waals surface area contributed by atoms with Gasteiger partial charge in [-0.25, -0.2) is 0 Å². The predicted molar refractivity (Wildman–Crippen MR) is 43.3 cm³/mol. The number of carbonyl (C=O) groups excluding carboxylic acids is 1. The van der Waals surface area contributed by atoms with Crippen LogP contribution in [0.3, 0.4) is 0 Å². The monoisotopic (exact) mass is 162 g/mol. The molecule has 62 valence electrons. The number of ketones is 1. The van der Waals surface area contributed by atoms with E-state index in [0.717, 1.165) is 0 Å². The number of rotatable bonds is 0. The van der Waals surface area contributed by atoms with Gasteiger partial charge in [-0.15, -0.1) is 0 Å². The Bertz CT molecular complexity index is 303. The van der Waals surface area contributed by atoms with E-state index in [2.05, 4.69) is 6.08 Å². The molecule has 3 aliphatic carbocycles. The van der Waals surface area contributed by atoms with E-state index in [1.54, 1.807) is 6.08 Å². The summed E-state index contributed by atoms with van der Waals surface area (Å²) in [4.78, 5) is 11.4. The smallest absolute Gasteiger partial charge is 0.159 e. The van der Waals surface area contributed by atoms with E-state index in [4.69, 9.17) is 0 Å². The van der Waals surface area contributed by atoms with Gasteiger partial charge < -0.3 is 5.11 Å². The van der Waals surface area contributed by atoms with E-state index in [1.165, 1.54) is 0 Å². The quantitative estimate of drug-likeness (QED) is 0.528. The molecule has 0 aromatic carbocycles. The van der Waals surface area contributed by atoms with E-state index in [9.17, 15) is 9.90 Å². The molecule has 3 aliphatic rings. The first-order valence-electron chi connectivity index (χ1n) is 4.37. The predicted octanol–water partition coefficient (Wildman–Crippen LogP) is 0.534. The Morgan fingerprint density at radius 2 is 1.83 bits per heavy atom. The maximum atomic E-state index is 11.4. The van der Waals surface area contributed by atoms with Gasteiger partial charge in [0.15, 0.2) is 5.78 Å². The number of aliphatic hydroxyl groups is 1. The molecule has 5 atom stereocenters. The van der Waals surface area contributed by atoms with Crippen LogP contribution in [0, 0.1) is 23.7 Å². The van der Waals surface area contributed by atoms with Crippen molar-refractivity contribution >= 4 is 5.78 Å². The van der Waals surface area contributed by atoms with Crippen LogP contribution >= 0.6 is 0 Å². The van der Waals surface area contributed by atoms with E-state index < -0.39 is 0 Å². The van der Waals surface area contributed by atoms with Crippen molar-refractivity contribution < 1.29 is 9.90 Å². The molecule has 0 unspecified atom stereocenters. The van der Waals surface area contributed by atoms with Gasteiger partial charge in [0.25, 0.3) is 0 Å². The zero-order valence-corrected chi connectivity index (χ0v) is 6.55. The van der Waals surface area contributed by atoms with Crippen LogP contribution in [-0.4, -0.2) is 17.0 Å². The third kappa shape index (κ3) is 0.547. The lowest BCUT2D eigenvalue weighted by atomic mass is 9.85. The van der Waals surface area contributed by atoms with Crippen LogP contribution in [-0.2, 0) is 4.79 Å². The largest absolute Gasteiger partial charge is 0.392 e. The van der Waals surface area contributed by atoms with Gasteiger partial charge in [0.05, 0.1) is 6.10 Å². The van der Waals surface area contributed by atoms with Gasteiger partial charge in [-0.1, -0.05) is 18.2 Å². The number of carbonyl (C=O) groups is 1. The van der Waals surface area contributed by atoms with Crippen LogP contribution in [0.4, 0.5) is 0 Å². The highest BCUT2D eigenvalue weighted by molar-refractivity contribution is 5.95. The second-order valence-electron chi connectivity index (χ2n) is 3.89. The van der Waals surface area contributed by atoms with Gasteiger partial charge in [-0.05, 0) is 12.0 Å². The molecule has 0 spiro atoms. The fourth-order valence-electron chi connectivity index (χ4n) is 2.87. The molecule has 12 heavy (non-hydrogen) atoms. The Labute approximate surface area is 70.6 Å². The molecule has 0 radical (unpaired) electrons. The van der Waals surface area contributed by atoms with Gasteiger partial charge in [0.1, 0.15) is 0 Å². The molecule has 2 bridgehead atoms. The third-order valence-electron chi connectivity index (χ3n) is 3.43. The Hall–Kier alpha value is -0.890. The van der Waals surface area contributed by atoms with E-state index in [1.807, 2.05) is 12.2 Å². The molecular weight excluding hydrogens is 152 g/mol. The zero-order chi connectivity index (χ0) is 8.29. The van der Waals surface area contributed by atoms with Crippen LogP contribution in [0.15, 0.2) is 24.3 Å². The van der Waals surface area contributed by atoms with Gasteiger partial charge in [0, 0.05) is 17.8 Å². The molecule has 0 aliphatic heterocycles. The summed E-state index contributed by atoms with van der Waals surface area (Å²) >= 11 is 0. The van der Waals surface area contributed by atoms with Crippen molar-refractivity contribution in [2.75, 3.05) is 0 Å². The standard InChI is InChI=1S/C10H10O2/c11-8-4-3-5-6-1-2-7(9(5)8)10(6)12/h1-7,9-10,12H/t5-,6-,7-,9-,10+/m1/s1. The van der Waals surface area contributed by atoms with E-state index >= 15 is 0 Å². The summed E-state index contributed by atoms with van der Waals surface area (Å²) < 4.78 is 0. The topological polar surface area (TPSA) is 37.3 Å². The lowest BCUT2D eigenvalue weighted by molar-refractivity contribution is -0.119. The summed E-state index contributed by atoms with van der Waals surface area (Å²) in [5.74, 6) is 0.874. The van der Waals surface area contributed by atoms with E-state index in [0.29, 0.717) is 5.92 Å². The van der Waals surface area contributed by atoms with Crippen molar-refractivity contribution in [2.24, 2.45) is 23.7 Å². The fraction of sp³-hybridized carbons (Fsp3) is 0.500. The molecule has 0 amide bonds. The van der Waals surface area contributed by atoms with Crippen LogP contribution < -0.4 is 0 Å². The molecule has 0 aromatic heterocycles. The Kier molecular flexibility index (Phi) is 1.04. The molecule has 1 N–H and O–H groups in total. The average molecular weight is 162 g/mol. The first-order valence-corrected chi connectivity index (χ1v) is 4.37. The maximum absolute atomic E-state index is 11.4. The van der Waals surface area contributed by atoms with Crippen molar-refractivity contribution in [3.63, 3.8) is 0 Å². The van der Waals surface area contributed by atoms with Crippen LogP contribution in [0.25, 0.3) is 0 Å². The van der Waals surface area contributed by atoms with Crippen molar-refractivity contribution in [3.05, 3.63) is 24.3 Å². The highest BCUT2D eigenvalue weighted by Gasteiger charge is 2.54. The molecule has 0 saturated heterocycles. The third-order valence-corrected chi connectivity index (χ3v) is 3.43. The van der Waals surface area contributed by atoms with Crippen molar-refractivity contribution in [1.82, 2.24) is 0 Å².